The highest BCUT2D eigenvalue weighted by Crippen LogP contribution is 2.60. The Morgan fingerprint density at radius 3 is 1.65 bits per heavy atom. The number of hydrogen-bond acceptors (Lipinski definition) is 16. The number of unbranched alkanes of at least 4 members (excludes halogenated alkanes) is 3. The van der Waals surface area contributed by atoms with Gasteiger partial charge in [-0.05, 0) is 65.5 Å². The number of nitrogens with zero attached hydrogens (tertiary/aromatic N) is 2. The van der Waals surface area contributed by atoms with Crippen LogP contribution in [0.1, 0.15) is 53.4 Å². The van der Waals surface area contributed by atoms with Crippen molar-refractivity contribution in [2.24, 2.45) is 5.41 Å². The normalized spacial score (nSPS) is 30.4. The van der Waals surface area contributed by atoms with E-state index in [1.165, 1.54) is 23.5 Å². The van der Waals surface area contributed by atoms with Crippen LogP contribution in [0, 0.1) is 28.1 Å². The Morgan fingerprint density at radius 2 is 1.24 bits per heavy atom. The van der Waals surface area contributed by atoms with Crippen molar-refractivity contribution in [2.75, 3.05) is 37.9 Å². The first-order chi connectivity index (χ1) is 23.1. The molecule has 0 aromatic rings. The van der Waals surface area contributed by atoms with Crippen LogP contribution in [0.4, 0.5) is 0 Å². The summed E-state index contributed by atoms with van der Waals surface area (Å²) in [5, 5.41) is 19.9. The van der Waals surface area contributed by atoms with Gasteiger partial charge in [-0.25, -0.2) is 4.79 Å². The Balaban J connectivity index is 1.06. The van der Waals surface area contributed by atoms with Gasteiger partial charge in [0.05, 0.1) is 42.3 Å². The molecule has 16 heteroatoms. The molecule has 4 rings (SSSR count). The van der Waals surface area contributed by atoms with Crippen molar-refractivity contribution in [1.82, 2.24) is 0 Å². The summed E-state index contributed by atoms with van der Waals surface area (Å²) in [6, 6.07) is 4.54. The smallest absolute Gasteiger partial charge is 0.333 e. The second-order valence-electron chi connectivity index (χ2n) is 12.8. The van der Waals surface area contributed by atoms with Crippen molar-refractivity contribution in [3.05, 3.63) is 36.5 Å². The average Bonchev–Trinajstić information content (AvgIpc) is 3.83. The van der Waals surface area contributed by atoms with Gasteiger partial charge in [0.15, 0.2) is 18.0 Å². The molecule has 0 saturated carbocycles. The Bertz CT molecular complexity index is 1470. The molecule has 49 heavy (non-hydrogen) atoms. The highest BCUT2D eigenvalue weighted by atomic mass is 32.2. The van der Waals surface area contributed by atoms with Gasteiger partial charge in [-0.2, -0.15) is 10.5 Å². The van der Waals surface area contributed by atoms with Gasteiger partial charge in [0, 0.05) is 5.57 Å². The van der Waals surface area contributed by atoms with Crippen LogP contribution < -0.4 is 0 Å². The molecule has 2 fully saturated rings. The van der Waals surface area contributed by atoms with Gasteiger partial charge in [-0.1, -0.05) is 42.3 Å². The van der Waals surface area contributed by atoms with Gasteiger partial charge in [0.25, 0.3) is 0 Å². The SMILES string of the molecule is C=C(C)C(=O)OCC12C=CC(O1)C(C#N)(SCC(=O)OCCCCCCOC(=O)CSC1(C#N)SC3(COC(=O)C(C)(C)C)C=CC1O3)S2. The zero-order chi connectivity index (χ0) is 35.9. The lowest BCUT2D eigenvalue weighted by Crippen LogP contribution is -2.34. The molecule has 2 saturated heterocycles. The van der Waals surface area contributed by atoms with E-state index < -0.39 is 53.6 Å². The van der Waals surface area contributed by atoms with Crippen molar-refractivity contribution in [1.29, 1.82) is 10.5 Å². The summed E-state index contributed by atoms with van der Waals surface area (Å²) in [6.07, 6.45) is 8.78. The number of nitriles is 2. The second kappa shape index (κ2) is 16.2. The quantitative estimate of drug-likeness (QED) is 0.0599. The van der Waals surface area contributed by atoms with Crippen LogP contribution in [0.25, 0.3) is 0 Å². The molecular weight excluding hydrogens is 713 g/mol. The van der Waals surface area contributed by atoms with Crippen LogP contribution >= 0.6 is 47.0 Å². The summed E-state index contributed by atoms with van der Waals surface area (Å²) in [6.45, 7) is 10.7. The minimum absolute atomic E-state index is 0.0273. The number of esters is 4. The minimum Gasteiger partial charge on any atom is -0.465 e. The fourth-order valence-corrected chi connectivity index (χ4v) is 10.6. The van der Waals surface area contributed by atoms with Gasteiger partial charge in [0.2, 0.25) is 0 Å². The summed E-state index contributed by atoms with van der Waals surface area (Å²) in [7, 11) is 0. The zero-order valence-electron chi connectivity index (χ0n) is 27.9. The van der Waals surface area contributed by atoms with E-state index in [1.807, 2.05) is 0 Å². The van der Waals surface area contributed by atoms with E-state index in [1.54, 1.807) is 52.0 Å². The van der Waals surface area contributed by atoms with Gasteiger partial charge in [-0.15, -0.1) is 23.5 Å². The fraction of sp³-hybridized carbons (Fsp3) is 0.636. The molecule has 266 valence electrons. The standard InChI is InChI=1S/C33H40N2O10S4/c1-22(2)27(38)42-20-30-12-10-23(44-30)32(18-34,48-30)46-16-25(36)40-14-8-6-7-9-15-41-26(37)17-47-33(19-35)24-11-13-31(45-24,49-33)21-43-28(39)29(3,4)5/h10-13,23-24H,1,6-9,14-17,20-21H2,2-5H3. The van der Waals surface area contributed by atoms with Crippen LogP contribution in [0.15, 0.2) is 36.5 Å². The summed E-state index contributed by atoms with van der Waals surface area (Å²) < 4.78 is 31.2. The molecule has 4 bridgehead atoms. The molecule has 4 aliphatic heterocycles. The lowest BCUT2D eigenvalue weighted by molar-refractivity contribution is -0.156. The van der Waals surface area contributed by atoms with Crippen molar-refractivity contribution in [3.63, 3.8) is 0 Å². The molecule has 0 aromatic heterocycles. The number of rotatable bonds is 18. The lowest BCUT2D eigenvalue weighted by Gasteiger charge is -2.27. The molecule has 0 aromatic carbocycles. The number of carbonyl (C=O) groups is 4. The Hall–Kier alpha value is -2.60. The van der Waals surface area contributed by atoms with E-state index in [2.05, 4.69) is 18.7 Å². The van der Waals surface area contributed by atoms with Crippen molar-refractivity contribution < 1.29 is 47.6 Å². The van der Waals surface area contributed by atoms with Crippen LogP contribution in [-0.4, -0.2) is 92.0 Å². The number of thioether (sulfide) groups is 4. The number of ether oxygens (including phenoxy) is 6. The number of fused-ring (bicyclic) bond motifs is 4. The molecule has 0 amide bonds. The minimum atomic E-state index is -1.07. The third-order valence-corrected chi connectivity index (χ3v) is 13.7. The molecule has 12 nitrogen and oxygen atoms in total. The Labute approximate surface area is 303 Å². The van der Waals surface area contributed by atoms with Gasteiger partial charge >= 0.3 is 23.9 Å². The molecule has 0 spiro atoms. The van der Waals surface area contributed by atoms with Crippen molar-refractivity contribution in [2.45, 2.75) is 83.6 Å². The maximum absolute atomic E-state index is 12.4. The first-order valence-electron chi connectivity index (χ1n) is 15.7. The molecule has 6 unspecified atom stereocenters. The third-order valence-electron chi connectivity index (χ3n) is 7.56. The fourth-order valence-electron chi connectivity index (χ4n) is 4.91. The van der Waals surface area contributed by atoms with E-state index >= 15 is 0 Å². The monoisotopic (exact) mass is 752 g/mol. The van der Waals surface area contributed by atoms with E-state index in [0.717, 1.165) is 36.4 Å². The number of hydrogen-bond donors (Lipinski definition) is 0. The lowest BCUT2D eigenvalue weighted by atomic mass is 9.97. The Kier molecular flexibility index (Phi) is 12.9. The molecule has 6 atom stereocenters. The summed E-state index contributed by atoms with van der Waals surface area (Å²) in [5.41, 5.74) is -0.401. The maximum Gasteiger partial charge on any atom is 0.333 e. The molecular formula is C33H40N2O10S4. The maximum atomic E-state index is 12.4. The van der Waals surface area contributed by atoms with Crippen LogP contribution in [-0.2, 0) is 47.6 Å². The second-order valence-corrected chi connectivity index (χ2v) is 18.8. The Morgan fingerprint density at radius 1 is 0.796 bits per heavy atom. The first kappa shape index (κ1) is 39.2. The third kappa shape index (κ3) is 9.60. The number of carbonyl (C=O) groups excluding carboxylic acids is 4. The average molecular weight is 753 g/mol. The molecule has 0 radical (unpaired) electrons. The summed E-state index contributed by atoms with van der Waals surface area (Å²) in [4.78, 5) is 46.9. The zero-order valence-corrected chi connectivity index (χ0v) is 31.1. The molecule has 4 heterocycles. The van der Waals surface area contributed by atoms with E-state index in [9.17, 15) is 29.7 Å². The highest BCUT2D eigenvalue weighted by molar-refractivity contribution is 8.20. The van der Waals surface area contributed by atoms with Crippen LogP contribution in [0.2, 0.25) is 0 Å². The van der Waals surface area contributed by atoms with Crippen molar-refractivity contribution >= 4 is 70.9 Å². The molecule has 0 aliphatic carbocycles. The first-order valence-corrected chi connectivity index (χ1v) is 19.3. The predicted octanol–water partition coefficient (Wildman–Crippen LogP) is 5.04. The summed E-state index contributed by atoms with van der Waals surface area (Å²) >= 11 is 4.73. The van der Waals surface area contributed by atoms with Crippen LogP contribution in [0.5, 0.6) is 0 Å². The van der Waals surface area contributed by atoms with Crippen molar-refractivity contribution in [3.8, 4) is 12.1 Å². The van der Waals surface area contributed by atoms with E-state index in [-0.39, 0.29) is 49.5 Å². The van der Waals surface area contributed by atoms with E-state index in [4.69, 9.17) is 28.4 Å². The van der Waals surface area contributed by atoms with E-state index in [0.29, 0.717) is 12.8 Å². The van der Waals surface area contributed by atoms with Crippen LogP contribution in [0.3, 0.4) is 0 Å². The molecule has 0 N–H and O–H groups in total. The van der Waals surface area contributed by atoms with Gasteiger partial charge < -0.3 is 28.4 Å². The van der Waals surface area contributed by atoms with Gasteiger partial charge in [-0.3, -0.25) is 14.4 Å². The summed E-state index contributed by atoms with van der Waals surface area (Å²) in [5.74, 6) is -1.85. The largest absolute Gasteiger partial charge is 0.465 e. The topological polar surface area (TPSA) is 171 Å². The highest BCUT2D eigenvalue weighted by Gasteiger charge is 2.61. The predicted molar refractivity (Wildman–Crippen MR) is 187 cm³/mol. The molecule has 4 aliphatic rings. The van der Waals surface area contributed by atoms with Gasteiger partial charge in [0.1, 0.15) is 25.4 Å².